The molecule has 0 radical (unpaired) electrons. The highest BCUT2D eigenvalue weighted by molar-refractivity contribution is 7.80. The van der Waals surface area contributed by atoms with Crippen LogP contribution in [-0.4, -0.2) is 15.0 Å². The van der Waals surface area contributed by atoms with Gasteiger partial charge in [0.05, 0.1) is 16.7 Å². The fourth-order valence-electron chi connectivity index (χ4n) is 4.66. The molecule has 192 valence electrons. The summed E-state index contributed by atoms with van der Waals surface area (Å²) in [6, 6.07) is 32.4. The van der Waals surface area contributed by atoms with Crippen LogP contribution in [0, 0.1) is 10.1 Å². The first-order valence-electron chi connectivity index (χ1n) is 12.2. The number of nitro benzene ring substituents is 1. The Morgan fingerprint density at radius 2 is 1.67 bits per heavy atom. The Bertz CT molecular complexity index is 1620. The van der Waals surface area contributed by atoms with Crippen LogP contribution in [-0.2, 0) is 0 Å². The molecule has 2 atom stereocenters. The molecular weight excluding hydrogens is 512 g/mol. The maximum atomic E-state index is 11.3. The van der Waals surface area contributed by atoms with Gasteiger partial charge in [-0.1, -0.05) is 36.4 Å². The van der Waals surface area contributed by atoms with Crippen molar-refractivity contribution in [3.63, 3.8) is 0 Å². The second-order valence-electron chi connectivity index (χ2n) is 8.92. The Morgan fingerprint density at radius 1 is 0.897 bits per heavy atom. The predicted molar refractivity (Wildman–Crippen MR) is 152 cm³/mol. The molecule has 2 aromatic heterocycles. The third kappa shape index (κ3) is 4.95. The fraction of sp³-hybridized carbons (Fsp3) is 0.0667. The topological polar surface area (TPSA) is 93.7 Å². The van der Waals surface area contributed by atoms with Crippen molar-refractivity contribution < 1.29 is 14.1 Å². The lowest BCUT2D eigenvalue weighted by Gasteiger charge is -2.26. The third-order valence-corrected chi connectivity index (χ3v) is 6.77. The van der Waals surface area contributed by atoms with Gasteiger partial charge in [0, 0.05) is 29.6 Å². The number of hydrogen-bond donors (Lipinski definition) is 1. The van der Waals surface area contributed by atoms with Crippen LogP contribution in [0.4, 0.5) is 11.4 Å². The van der Waals surface area contributed by atoms with Crippen molar-refractivity contribution in [1.82, 2.24) is 10.3 Å². The first-order valence-corrected chi connectivity index (χ1v) is 12.7. The molecule has 1 aliphatic heterocycles. The zero-order valence-electron chi connectivity index (χ0n) is 20.5. The van der Waals surface area contributed by atoms with E-state index >= 15 is 0 Å². The monoisotopic (exact) mass is 534 g/mol. The van der Waals surface area contributed by atoms with Crippen molar-refractivity contribution in [2.45, 2.75) is 12.1 Å². The highest BCUT2D eigenvalue weighted by Gasteiger charge is 2.42. The summed E-state index contributed by atoms with van der Waals surface area (Å²) in [5, 5.41) is 15.2. The second-order valence-corrected chi connectivity index (χ2v) is 9.30. The largest absolute Gasteiger partial charge is 0.459 e. The van der Waals surface area contributed by atoms with Crippen LogP contribution < -0.4 is 15.0 Å². The first-order chi connectivity index (χ1) is 19.1. The van der Waals surface area contributed by atoms with Crippen molar-refractivity contribution in [3.05, 3.63) is 137 Å². The summed E-state index contributed by atoms with van der Waals surface area (Å²) < 4.78 is 12.3. The summed E-state index contributed by atoms with van der Waals surface area (Å²) in [4.78, 5) is 17.4. The van der Waals surface area contributed by atoms with E-state index in [1.807, 2.05) is 89.8 Å². The third-order valence-electron chi connectivity index (χ3n) is 6.45. The minimum Gasteiger partial charge on any atom is -0.459 e. The van der Waals surface area contributed by atoms with Crippen molar-refractivity contribution in [1.29, 1.82) is 0 Å². The molecule has 5 aromatic rings. The van der Waals surface area contributed by atoms with Crippen LogP contribution in [0.5, 0.6) is 11.5 Å². The van der Waals surface area contributed by atoms with Crippen molar-refractivity contribution in [2.24, 2.45) is 0 Å². The quantitative estimate of drug-likeness (QED) is 0.133. The Morgan fingerprint density at radius 3 is 2.41 bits per heavy atom. The average Bonchev–Trinajstić information content (AvgIpc) is 3.59. The van der Waals surface area contributed by atoms with Crippen LogP contribution in [0.3, 0.4) is 0 Å². The maximum absolute atomic E-state index is 11.3. The molecule has 1 fully saturated rings. The molecule has 6 rings (SSSR count). The molecular formula is C30H22N4O4S. The number of nitrogens with one attached hydrogen (secondary N) is 1. The molecule has 1 N–H and O–H groups in total. The van der Waals surface area contributed by atoms with Gasteiger partial charge in [-0.3, -0.25) is 15.1 Å². The molecule has 0 bridgehead atoms. The van der Waals surface area contributed by atoms with Crippen molar-refractivity contribution in [3.8, 4) is 22.8 Å². The van der Waals surface area contributed by atoms with Gasteiger partial charge in [0.1, 0.15) is 29.1 Å². The summed E-state index contributed by atoms with van der Waals surface area (Å²) >= 11 is 5.80. The van der Waals surface area contributed by atoms with E-state index in [4.69, 9.17) is 21.4 Å². The van der Waals surface area contributed by atoms with Crippen LogP contribution in [0.2, 0.25) is 0 Å². The number of benzene rings is 3. The van der Waals surface area contributed by atoms with Gasteiger partial charge in [-0.05, 0) is 72.9 Å². The van der Waals surface area contributed by atoms with Gasteiger partial charge < -0.3 is 19.4 Å². The van der Waals surface area contributed by atoms with Gasteiger partial charge in [0.2, 0.25) is 0 Å². The number of anilines is 1. The number of hydrogen-bond acceptors (Lipinski definition) is 6. The van der Waals surface area contributed by atoms with Crippen LogP contribution in [0.15, 0.2) is 120 Å². The number of thiocarbonyl (C=S) groups is 1. The Labute approximate surface area is 229 Å². The van der Waals surface area contributed by atoms with Crippen LogP contribution in [0.25, 0.3) is 11.3 Å². The van der Waals surface area contributed by atoms with E-state index in [2.05, 4.69) is 10.3 Å². The number of non-ortho nitro benzene ring substituents is 1. The minimum atomic E-state index is -0.420. The lowest BCUT2D eigenvalue weighted by Crippen LogP contribution is -2.29. The zero-order valence-corrected chi connectivity index (χ0v) is 21.3. The molecule has 1 aliphatic rings. The molecule has 39 heavy (non-hydrogen) atoms. The summed E-state index contributed by atoms with van der Waals surface area (Å²) in [7, 11) is 0. The van der Waals surface area contributed by atoms with E-state index < -0.39 is 4.92 Å². The van der Waals surface area contributed by atoms with E-state index in [1.165, 1.54) is 12.1 Å². The lowest BCUT2D eigenvalue weighted by atomic mass is 10.0. The second kappa shape index (κ2) is 10.4. The number of furan rings is 1. The fourth-order valence-corrected chi connectivity index (χ4v) is 5.01. The number of pyridine rings is 1. The number of rotatable bonds is 7. The molecule has 3 aromatic carbocycles. The first kappa shape index (κ1) is 24.3. The van der Waals surface area contributed by atoms with Crippen LogP contribution >= 0.6 is 12.2 Å². The molecule has 0 saturated carbocycles. The van der Waals surface area contributed by atoms with Gasteiger partial charge in [-0.15, -0.1) is 0 Å². The predicted octanol–water partition coefficient (Wildman–Crippen LogP) is 7.22. The molecule has 0 unspecified atom stereocenters. The highest BCUT2D eigenvalue weighted by atomic mass is 32.1. The molecule has 9 heteroatoms. The summed E-state index contributed by atoms with van der Waals surface area (Å²) in [6.07, 6.45) is 1.74. The van der Waals surface area contributed by atoms with Crippen molar-refractivity contribution >= 4 is 28.7 Å². The number of para-hydroxylation sites is 1. The standard InChI is InChI=1S/C30H22N4O4S/c35-34(36)22-8-6-7-20(19-22)26-16-17-27(38-26)29-28(25-11-4-5-18-31-25)32-30(39)33(29)21-12-14-24(15-13-21)37-23-9-2-1-3-10-23/h1-19,28-29H,(H,32,39)/t28-,29-/m1/s1. The van der Waals surface area contributed by atoms with Gasteiger partial charge in [0.15, 0.2) is 5.11 Å². The Kier molecular flexibility index (Phi) is 6.48. The van der Waals surface area contributed by atoms with Gasteiger partial charge in [-0.25, -0.2) is 0 Å². The summed E-state index contributed by atoms with van der Waals surface area (Å²) in [6.45, 7) is 0. The Hall–Kier alpha value is -5.02. The molecule has 0 aliphatic carbocycles. The summed E-state index contributed by atoms with van der Waals surface area (Å²) in [5.41, 5.74) is 2.28. The van der Waals surface area contributed by atoms with Gasteiger partial charge >= 0.3 is 0 Å². The maximum Gasteiger partial charge on any atom is 0.270 e. The lowest BCUT2D eigenvalue weighted by molar-refractivity contribution is -0.384. The molecule has 3 heterocycles. The Balaban J connectivity index is 1.36. The molecule has 0 spiro atoms. The van der Waals surface area contributed by atoms with Crippen LogP contribution in [0.1, 0.15) is 23.5 Å². The zero-order chi connectivity index (χ0) is 26.8. The van der Waals surface area contributed by atoms with E-state index in [-0.39, 0.29) is 17.8 Å². The molecule has 8 nitrogen and oxygen atoms in total. The number of aromatic nitrogens is 1. The summed E-state index contributed by atoms with van der Waals surface area (Å²) in [5.74, 6) is 2.62. The minimum absolute atomic E-state index is 0.0000362. The van der Waals surface area contributed by atoms with Gasteiger partial charge in [-0.2, -0.15) is 0 Å². The van der Waals surface area contributed by atoms with Crippen molar-refractivity contribution in [2.75, 3.05) is 4.90 Å². The van der Waals surface area contributed by atoms with E-state index in [1.54, 1.807) is 18.3 Å². The number of nitro groups is 1. The molecule has 0 amide bonds. The van der Waals surface area contributed by atoms with E-state index in [0.29, 0.717) is 27.9 Å². The molecule has 1 saturated heterocycles. The number of ether oxygens (including phenoxy) is 1. The normalized spacial score (nSPS) is 16.6. The average molecular weight is 535 g/mol. The number of nitrogens with zero attached hydrogens (tertiary/aromatic N) is 3. The SMILES string of the molecule is O=[N+]([O-])c1cccc(-c2ccc([C@@H]3[C@@H](c4ccccn4)NC(=S)N3c3ccc(Oc4ccccc4)cc3)o2)c1. The van der Waals surface area contributed by atoms with Gasteiger partial charge in [0.25, 0.3) is 5.69 Å². The van der Waals surface area contributed by atoms with E-state index in [9.17, 15) is 10.1 Å². The van der Waals surface area contributed by atoms with E-state index in [0.717, 1.165) is 17.1 Å². The highest BCUT2D eigenvalue weighted by Crippen LogP contribution is 2.43. The smallest absolute Gasteiger partial charge is 0.270 e.